The van der Waals surface area contributed by atoms with Crippen molar-refractivity contribution in [1.29, 1.82) is 0 Å². The van der Waals surface area contributed by atoms with Crippen molar-refractivity contribution in [1.82, 2.24) is 15.6 Å². The number of aliphatic imine (C=N–C) groups is 1. The number of hydrogen-bond donors (Lipinski definition) is 2. The van der Waals surface area contributed by atoms with Crippen LogP contribution in [0.2, 0.25) is 5.02 Å². The molecule has 0 unspecified atom stereocenters. The summed E-state index contributed by atoms with van der Waals surface area (Å²) < 4.78 is 0. The standard InChI is InChI=1S/C18H24ClN5.HI/c1-20-18(22-12-10-14-7-4-5-9-16(14)19)23-13-15-8-6-11-21-17(15)24(2)3;/h4-9,11H,10,12-13H2,1-3H3,(H2,20,22,23);1H. The lowest BCUT2D eigenvalue weighted by molar-refractivity contribution is 0.791. The van der Waals surface area contributed by atoms with Gasteiger partial charge in [-0.25, -0.2) is 4.98 Å². The SMILES string of the molecule is CN=C(NCCc1ccccc1Cl)NCc1cccnc1N(C)C.I. The molecule has 1 aromatic carbocycles. The zero-order chi connectivity index (χ0) is 17.4. The Hall–Kier alpha value is -1.54. The topological polar surface area (TPSA) is 52.6 Å². The molecule has 0 bridgehead atoms. The van der Waals surface area contributed by atoms with Crippen LogP contribution in [0.5, 0.6) is 0 Å². The Morgan fingerprint density at radius 1 is 1.12 bits per heavy atom. The Balaban J connectivity index is 0.00000312. The zero-order valence-electron chi connectivity index (χ0n) is 14.8. The maximum Gasteiger partial charge on any atom is 0.191 e. The smallest absolute Gasteiger partial charge is 0.191 e. The summed E-state index contributed by atoms with van der Waals surface area (Å²) in [5.41, 5.74) is 2.25. The molecular weight excluding hydrogens is 449 g/mol. The summed E-state index contributed by atoms with van der Waals surface area (Å²) in [6.07, 6.45) is 2.64. The van der Waals surface area contributed by atoms with E-state index in [1.165, 1.54) is 0 Å². The fraction of sp³-hybridized carbons (Fsp3) is 0.333. The van der Waals surface area contributed by atoms with Gasteiger partial charge in [0.2, 0.25) is 0 Å². The van der Waals surface area contributed by atoms with Gasteiger partial charge in [0.05, 0.1) is 0 Å². The molecule has 0 atom stereocenters. The lowest BCUT2D eigenvalue weighted by Crippen LogP contribution is -2.38. The van der Waals surface area contributed by atoms with Crippen LogP contribution in [0.3, 0.4) is 0 Å². The van der Waals surface area contributed by atoms with E-state index in [2.05, 4.69) is 26.7 Å². The summed E-state index contributed by atoms with van der Waals surface area (Å²) in [6, 6.07) is 11.9. The van der Waals surface area contributed by atoms with Crippen molar-refractivity contribution in [3.63, 3.8) is 0 Å². The Morgan fingerprint density at radius 2 is 1.84 bits per heavy atom. The molecule has 0 spiro atoms. The van der Waals surface area contributed by atoms with Crippen LogP contribution in [0.15, 0.2) is 47.6 Å². The van der Waals surface area contributed by atoms with Gasteiger partial charge in [-0.3, -0.25) is 4.99 Å². The first-order valence-corrected chi connectivity index (χ1v) is 8.28. The molecule has 0 saturated carbocycles. The molecule has 0 aliphatic carbocycles. The molecule has 2 N–H and O–H groups in total. The number of hydrogen-bond acceptors (Lipinski definition) is 3. The van der Waals surface area contributed by atoms with E-state index in [1.54, 1.807) is 13.2 Å². The number of halogens is 2. The first-order valence-electron chi connectivity index (χ1n) is 7.91. The van der Waals surface area contributed by atoms with Crippen molar-refractivity contribution in [2.24, 2.45) is 4.99 Å². The Kier molecular flexibility index (Phi) is 9.59. The molecule has 2 rings (SSSR count). The maximum atomic E-state index is 6.18. The molecule has 1 aromatic heterocycles. The molecule has 0 amide bonds. The first-order chi connectivity index (χ1) is 11.6. The van der Waals surface area contributed by atoms with Crippen molar-refractivity contribution >= 4 is 47.4 Å². The van der Waals surface area contributed by atoms with Gasteiger partial charge >= 0.3 is 0 Å². The molecule has 0 aliphatic rings. The number of aromatic nitrogens is 1. The van der Waals surface area contributed by atoms with Gasteiger partial charge in [-0.1, -0.05) is 35.9 Å². The maximum absolute atomic E-state index is 6.18. The van der Waals surface area contributed by atoms with E-state index in [1.807, 2.05) is 49.3 Å². The van der Waals surface area contributed by atoms with E-state index in [9.17, 15) is 0 Å². The van der Waals surface area contributed by atoms with Crippen LogP contribution in [-0.2, 0) is 13.0 Å². The van der Waals surface area contributed by atoms with E-state index >= 15 is 0 Å². The summed E-state index contributed by atoms with van der Waals surface area (Å²) in [5, 5.41) is 7.43. The first kappa shape index (κ1) is 21.5. The van der Waals surface area contributed by atoms with Crippen molar-refractivity contribution in [2.75, 3.05) is 32.6 Å². The van der Waals surface area contributed by atoms with Crippen molar-refractivity contribution in [2.45, 2.75) is 13.0 Å². The largest absolute Gasteiger partial charge is 0.362 e. The van der Waals surface area contributed by atoms with Crippen molar-refractivity contribution in [3.8, 4) is 0 Å². The van der Waals surface area contributed by atoms with Gasteiger partial charge in [0.1, 0.15) is 5.82 Å². The van der Waals surface area contributed by atoms with Crippen molar-refractivity contribution in [3.05, 3.63) is 58.7 Å². The third kappa shape index (κ3) is 6.70. The average molecular weight is 474 g/mol. The fourth-order valence-corrected chi connectivity index (χ4v) is 2.62. The van der Waals surface area contributed by atoms with Gasteiger partial charge in [-0.2, -0.15) is 0 Å². The highest BCUT2D eigenvalue weighted by molar-refractivity contribution is 14.0. The Labute approximate surface area is 171 Å². The van der Waals surface area contributed by atoms with E-state index < -0.39 is 0 Å². The molecule has 0 radical (unpaired) electrons. The van der Waals surface area contributed by atoms with Gasteiger partial charge < -0.3 is 15.5 Å². The minimum atomic E-state index is 0. The molecular formula is C18H25ClIN5. The minimum absolute atomic E-state index is 0. The highest BCUT2D eigenvalue weighted by Crippen LogP contribution is 2.15. The van der Waals surface area contributed by atoms with Gasteiger partial charge in [0.25, 0.3) is 0 Å². The molecule has 0 aliphatic heterocycles. The third-order valence-corrected chi connectivity index (χ3v) is 3.97. The molecule has 0 fully saturated rings. The van der Waals surface area contributed by atoms with Gasteiger partial charge in [0, 0.05) is 51.0 Å². The zero-order valence-corrected chi connectivity index (χ0v) is 17.9. The Bertz CT molecular complexity index is 691. The summed E-state index contributed by atoms with van der Waals surface area (Å²) >= 11 is 6.18. The van der Waals surface area contributed by atoms with Crippen LogP contribution in [0.4, 0.5) is 5.82 Å². The van der Waals surface area contributed by atoms with E-state index in [-0.39, 0.29) is 24.0 Å². The minimum Gasteiger partial charge on any atom is -0.362 e. The lowest BCUT2D eigenvalue weighted by atomic mass is 10.1. The molecule has 1 heterocycles. The average Bonchev–Trinajstić information content (AvgIpc) is 2.59. The number of pyridine rings is 1. The van der Waals surface area contributed by atoms with Gasteiger partial charge in [-0.05, 0) is 24.1 Å². The summed E-state index contributed by atoms with van der Waals surface area (Å²) in [6.45, 7) is 1.42. The number of rotatable bonds is 6. The number of benzene rings is 1. The second kappa shape index (κ2) is 11.1. The lowest BCUT2D eigenvalue weighted by Gasteiger charge is -2.17. The molecule has 136 valence electrons. The van der Waals surface area contributed by atoms with E-state index in [0.717, 1.165) is 40.9 Å². The number of guanidine groups is 1. The van der Waals surface area contributed by atoms with Crippen LogP contribution in [0.25, 0.3) is 0 Å². The summed E-state index contributed by atoms with van der Waals surface area (Å²) in [5.74, 6) is 1.71. The Morgan fingerprint density at radius 3 is 2.52 bits per heavy atom. The predicted octanol–water partition coefficient (Wildman–Crippen LogP) is 3.33. The molecule has 7 heteroatoms. The highest BCUT2D eigenvalue weighted by atomic mass is 127. The summed E-state index contributed by atoms with van der Waals surface area (Å²) in [7, 11) is 5.74. The van der Waals surface area contributed by atoms with Crippen LogP contribution in [0, 0.1) is 0 Å². The fourth-order valence-electron chi connectivity index (χ4n) is 2.39. The normalized spacial score (nSPS) is 10.8. The van der Waals surface area contributed by atoms with Crippen molar-refractivity contribution < 1.29 is 0 Å². The number of nitrogens with one attached hydrogen (secondary N) is 2. The van der Waals surface area contributed by atoms with Crippen LogP contribution in [0.1, 0.15) is 11.1 Å². The number of anilines is 1. The molecule has 2 aromatic rings. The van der Waals surface area contributed by atoms with Crippen LogP contribution < -0.4 is 15.5 Å². The van der Waals surface area contributed by atoms with E-state index in [4.69, 9.17) is 11.6 Å². The second-order valence-corrected chi connectivity index (χ2v) is 5.98. The van der Waals surface area contributed by atoms with Gasteiger partial charge in [0.15, 0.2) is 5.96 Å². The van der Waals surface area contributed by atoms with Crippen LogP contribution in [-0.4, -0.2) is 38.6 Å². The third-order valence-electron chi connectivity index (χ3n) is 3.61. The van der Waals surface area contributed by atoms with E-state index in [0.29, 0.717) is 6.54 Å². The van der Waals surface area contributed by atoms with Gasteiger partial charge in [-0.15, -0.1) is 24.0 Å². The highest BCUT2D eigenvalue weighted by Gasteiger charge is 2.06. The molecule has 5 nitrogen and oxygen atoms in total. The van der Waals surface area contributed by atoms with Crippen LogP contribution >= 0.6 is 35.6 Å². The monoisotopic (exact) mass is 473 g/mol. The molecule has 25 heavy (non-hydrogen) atoms. The number of nitrogens with zero attached hydrogens (tertiary/aromatic N) is 3. The second-order valence-electron chi connectivity index (χ2n) is 5.57. The molecule has 0 saturated heterocycles. The predicted molar refractivity (Wildman–Crippen MR) is 117 cm³/mol. The summed E-state index contributed by atoms with van der Waals surface area (Å²) in [4.78, 5) is 10.7. The quantitative estimate of drug-likeness (QED) is 0.384.